The number of hydrogen-bond acceptors (Lipinski definition) is 0. The van der Waals surface area contributed by atoms with Crippen molar-refractivity contribution in [3.05, 3.63) is 3.92 Å². The summed E-state index contributed by atoms with van der Waals surface area (Å²) < 4.78 is 2.33. The fraction of sp³-hybridized carbons (Fsp3) is 0.833. The predicted octanol–water partition coefficient (Wildman–Crippen LogP) is 3.58. The Hall–Kier alpha value is 1.46. The zero-order valence-electron chi connectivity index (χ0n) is 5.25. The molecule has 0 N–H and O–H groups in total. The highest BCUT2D eigenvalue weighted by Gasteiger charge is 2.08. The van der Waals surface area contributed by atoms with E-state index in [0.29, 0.717) is 0 Å². The van der Waals surface area contributed by atoms with E-state index in [2.05, 4.69) is 59.0 Å². The first-order chi connectivity index (χ1) is 3.68. The minimum Gasteiger partial charge on any atom is -0.0814 e. The Balaban J connectivity index is 3.17. The second-order valence-corrected chi connectivity index (χ2v) is 5.07. The largest absolute Gasteiger partial charge is 0.0814 e. The minimum absolute atomic E-state index is 0.744. The maximum Gasteiger partial charge on any atom is 0.0492 e. The van der Waals surface area contributed by atoms with E-state index in [4.69, 9.17) is 0 Å². The third kappa shape index (κ3) is 4.35. The summed E-state index contributed by atoms with van der Waals surface area (Å²) >= 11 is 4.89. The van der Waals surface area contributed by atoms with Crippen molar-refractivity contribution < 1.29 is 0 Å². The SMILES string of the molecule is CCC[C](I)C(C)I. The lowest BCUT2D eigenvalue weighted by molar-refractivity contribution is 0.859. The van der Waals surface area contributed by atoms with Gasteiger partial charge in [-0.1, -0.05) is 65.5 Å². The summed E-state index contributed by atoms with van der Waals surface area (Å²) in [5.74, 6) is 0. The van der Waals surface area contributed by atoms with E-state index in [1.807, 2.05) is 0 Å². The van der Waals surface area contributed by atoms with Crippen molar-refractivity contribution in [2.45, 2.75) is 30.6 Å². The highest BCUT2D eigenvalue weighted by Crippen LogP contribution is 2.26. The lowest BCUT2D eigenvalue weighted by Gasteiger charge is -2.08. The molecule has 2 heteroatoms. The topological polar surface area (TPSA) is 0 Å². The van der Waals surface area contributed by atoms with Gasteiger partial charge in [0.1, 0.15) is 0 Å². The molecule has 0 amide bonds. The van der Waals surface area contributed by atoms with Crippen LogP contribution in [0.15, 0.2) is 0 Å². The predicted molar refractivity (Wildman–Crippen MR) is 55.7 cm³/mol. The first kappa shape index (κ1) is 9.46. The van der Waals surface area contributed by atoms with Crippen LogP contribution >= 0.6 is 45.2 Å². The number of alkyl halides is 1. The summed E-state index contributed by atoms with van der Waals surface area (Å²) in [4.78, 5) is 0. The highest BCUT2D eigenvalue weighted by molar-refractivity contribution is 14.1. The van der Waals surface area contributed by atoms with Gasteiger partial charge in [-0.2, -0.15) is 0 Å². The molecule has 1 atom stereocenters. The summed E-state index contributed by atoms with van der Waals surface area (Å²) in [6.07, 6.45) is 2.57. The van der Waals surface area contributed by atoms with Crippen molar-refractivity contribution >= 4 is 45.2 Å². The van der Waals surface area contributed by atoms with Gasteiger partial charge in [0.25, 0.3) is 0 Å². The van der Waals surface area contributed by atoms with Crippen LogP contribution in [0.25, 0.3) is 0 Å². The Labute approximate surface area is 79.1 Å². The first-order valence-corrected chi connectivity index (χ1v) is 5.16. The molecule has 8 heavy (non-hydrogen) atoms. The maximum atomic E-state index is 2.45. The van der Waals surface area contributed by atoms with Crippen LogP contribution in [-0.2, 0) is 0 Å². The van der Waals surface area contributed by atoms with Crippen LogP contribution in [0.4, 0.5) is 0 Å². The summed E-state index contributed by atoms with van der Waals surface area (Å²) in [7, 11) is 0. The Bertz CT molecular complexity index is 52.5. The van der Waals surface area contributed by atoms with Gasteiger partial charge in [0.05, 0.1) is 0 Å². The van der Waals surface area contributed by atoms with E-state index in [-0.39, 0.29) is 0 Å². The molecule has 0 aromatic rings. The second-order valence-electron chi connectivity index (χ2n) is 1.81. The van der Waals surface area contributed by atoms with Crippen LogP contribution in [0.3, 0.4) is 0 Å². The molecular formula is C6H11I2. The molecule has 0 saturated carbocycles. The van der Waals surface area contributed by atoms with E-state index in [1.54, 1.807) is 3.92 Å². The average Bonchev–Trinajstić information content (AvgIpc) is 1.67. The lowest BCUT2D eigenvalue weighted by atomic mass is 10.2. The van der Waals surface area contributed by atoms with Gasteiger partial charge in [-0.05, 0) is 6.42 Å². The molecule has 49 valence electrons. The third-order valence-electron chi connectivity index (χ3n) is 0.920. The zero-order chi connectivity index (χ0) is 6.57. The van der Waals surface area contributed by atoms with Gasteiger partial charge < -0.3 is 0 Å². The molecule has 0 saturated heterocycles. The molecule has 1 radical (unpaired) electrons. The van der Waals surface area contributed by atoms with Gasteiger partial charge in [0, 0.05) is 7.85 Å². The number of rotatable bonds is 3. The van der Waals surface area contributed by atoms with Crippen LogP contribution in [-0.4, -0.2) is 3.92 Å². The molecule has 0 rings (SSSR count). The zero-order valence-corrected chi connectivity index (χ0v) is 9.56. The minimum atomic E-state index is 0.744. The molecule has 0 aliphatic heterocycles. The molecular weight excluding hydrogens is 326 g/mol. The molecule has 0 spiro atoms. The van der Waals surface area contributed by atoms with Gasteiger partial charge in [-0.3, -0.25) is 0 Å². The van der Waals surface area contributed by atoms with E-state index in [9.17, 15) is 0 Å². The van der Waals surface area contributed by atoms with Gasteiger partial charge in [-0.25, -0.2) is 0 Å². The summed E-state index contributed by atoms with van der Waals surface area (Å²) in [5.41, 5.74) is 0. The van der Waals surface area contributed by atoms with E-state index in [1.165, 1.54) is 12.8 Å². The Morgan fingerprint density at radius 1 is 1.62 bits per heavy atom. The van der Waals surface area contributed by atoms with Gasteiger partial charge in [0.15, 0.2) is 0 Å². The Morgan fingerprint density at radius 3 is 2.25 bits per heavy atom. The molecule has 0 aromatic heterocycles. The third-order valence-corrected chi connectivity index (χ3v) is 4.34. The highest BCUT2D eigenvalue weighted by atomic mass is 127. The quantitative estimate of drug-likeness (QED) is 0.546. The molecule has 0 nitrogen and oxygen atoms in total. The number of halogens is 2. The molecule has 1 unspecified atom stereocenters. The van der Waals surface area contributed by atoms with Gasteiger partial charge in [0.2, 0.25) is 0 Å². The lowest BCUT2D eigenvalue weighted by Crippen LogP contribution is -1.98. The Kier molecular flexibility index (Phi) is 6.22. The van der Waals surface area contributed by atoms with Gasteiger partial charge >= 0.3 is 0 Å². The average molecular weight is 337 g/mol. The molecule has 0 fully saturated rings. The van der Waals surface area contributed by atoms with E-state index in [0.717, 1.165) is 3.92 Å². The Morgan fingerprint density at radius 2 is 2.12 bits per heavy atom. The van der Waals surface area contributed by atoms with Crippen molar-refractivity contribution in [1.82, 2.24) is 0 Å². The summed E-state index contributed by atoms with van der Waals surface area (Å²) in [6.45, 7) is 4.45. The second kappa shape index (κ2) is 5.26. The number of hydrogen-bond donors (Lipinski definition) is 0. The van der Waals surface area contributed by atoms with E-state index >= 15 is 0 Å². The van der Waals surface area contributed by atoms with E-state index < -0.39 is 0 Å². The van der Waals surface area contributed by atoms with Crippen LogP contribution < -0.4 is 0 Å². The fourth-order valence-corrected chi connectivity index (χ4v) is 1.29. The molecule has 0 aliphatic carbocycles. The van der Waals surface area contributed by atoms with Crippen molar-refractivity contribution in [3.63, 3.8) is 0 Å². The monoisotopic (exact) mass is 337 g/mol. The fourth-order valence-electron chi connectivity index (χ4n) is 0.438. The molecule has 0 heterocycles. The van der Waals surface area contributed by atoms with Crippen LogP contribution in [0.1, 0.15) is 26.7 Å². The van der Waals surface area contributed by atoms with Crippen molar-refractivity contribution in [1.29, 1.82) is 0 Å². The normalized spacial score (nSPS) is 14.6. The van der Waals surface area contributed by atoms with Crippen LogP contribution in [0.5, 0.6) is 0 Å². The van der Waals surface area contributed by atoms with Crippen LogP contribution in [0, 0.1) is 3.92 Å². The molecule has 0 aromatic carbocycles. The summed E-state index contributed by atoms with van der Waals surface area (Å²) in [5, 5.41) is 0. The molecule has 0 bridgehead atoms. The van der Waals surface area contributed by atoms with Gasteiger partial charge in [-0.15, -0.1) is 0 Å². The van der Waals surface area contributed by atoms with Crippen molar-refractivity contribution in [2.24, 2.45) is 0 Å². The van der Waals surface area contributed by atoms with Crippen LogP contribution in [0.2, 0.25) is 0 Å². The first-order valence-electron chi connectivity index (χ1n) is 2.83. The molecule has 0 aliphatic rings. The van der Waals surface area contributed by atoms with Crippen molar-refractivity contribution in [3.8, 4) is 0 Å². The smallest absolute Gasteiger partial charge is 0.0492 e. The summed E-state index contributed by atoms with van der Waals surface area (Å²) in [6, 6.07) is 0. The van der Waals surface area contributed by atoms with Crippen molar-refractivity contribution in [2.75, 3.05) is 0 Å². The maximum absolute atomic E-state index is 2.45. The standard InChI is InChI=1S/C6H11I2/c1-3-4-6(8)5(2)7/h5H,3-4H2,1-2H3.